The second-order valence-electron chi connectivity index (χ2n) is 2.23. The summed E-state index contributed by atoms with van der Waals surface area (Å²) in [6.45, 7) is 0. The molecule has 1 rings (SSSR count). The maximum absolute atomic E-state index is 12.9. The second-order valence-corrected chi connectivity index (χ2v) is 3.20. The number of halogens is 5. The van der Waals surface area contributed by atoms with Crippen molar-refractivity contribution in [2.24, 2.45) is 0 Å². The minimum Gasteiger partial charge on any atom is -0.223 e. The maximum atomic E-state index is 12.9. The van der Waals surface area contributed by atoms with E-state index in [1.54, 1.807) is 0 Å². The largest absolute Gasteiger partial charge is 0.269 e. The van der Waals surface area contributed by atoms with Gasteiger partial charge in [0.25, 0.3) is 6.43 Å². The van der Waals surface area contributed by atoms with Gasteiger partial charge in [-0.25, -0.2) is 13.8 Å². The average molecular weight is 274 g/mol. The van der Waals surface area contributed by atoms with Crippen LogP contribution in [0, 0.1) is 5.95 Å². The molecule has 0 bridgehead atoms. The van der Waals surface area contributed by atoms with Crippen LogP contribution in [0.5, 0.6) is 0 Å². The Kier molecular flexibility index (Phi) is 3.55. The first-order valence-corrected chi connectivity index (χ1v) is 4.75. The molecule has 0 aliphatic heterocycles. The lowest BCUT2D eigenvalue weighted by atomic mass is 10.2. The molecule has 1 nitrogen and oxygen atoms in total. The van der Waals surface area contributed by atoms with Gasteiger partial charge in [0.2, 0.25) is 5.95 Å². The molecule has 0 fully saturated rings. The van der Waals surface area contributed by atoms with Crippen LogP contribution in [0.1, 0.15) is 17.7 Å². The fourth-order valence-corrected chi connectivity index (χ4v) is 1.38. The van der Waals surface area contributed by atoms with Crippen molar-refractivity contribution in [2.45, 2.75) is 11.8 Å². The van der Waals surface area contributed by atoms with Gasteiger partial charge in [0.15, 0.2) is 0 Å². The molecule has 1 aromatic rings. The van der Waals surface area contributed by atoms with E-state index in [2.05, 4.69) is 20.9 Å². The van der Waals surface area contributed by atoms with Crippen molar-refractivity contribution in [1.29, 1.82) is 0 Å². The van der Waals surface area contributed by atoms with Crippen molar-refractivity contribution in [1.82, 2.24) is 4.98 Å². The summed E-state index contributed by atoms with van der Waals surface area (Å²) in [6, 6.07) is 1.21. The molecule has 1 heterocycles. The van der Waals surface area contributed by atoms with E-state index in [4.69, 9.17) is 11.6 Å². The lowest BCUT2D eigenvalue weighted by Crippen LogP contribution is -1.99. The molecular formula is C7H4BrClF3N. The van der Waals surface area contributed by atoms with Gasteiger partial charge in [0.05, 0.1) is 16.3 Å². The molecule has 0 amide bonds. The van der Waals surface area contributed by atoms with Crippen molar-refractivity contribution in [3.05, 3.63) is 28.3 Å². The number of nitrogens with zero attached hydrogens (tertiary/aromatic N) is 1. The molecule has 0 N–H and O–H groups in total. The topological polar surface area (TPSA) is 12.9 Å². The molecule has 0 saturated carbocycles. The lowest BCUT2D eigenvalue weighted by molar-refractivity contribution is 0.145. The Hall–Kier alpha value is -0.290. The molecule has 0 aromatic carbocycles. The Morgan fingerprint density at radius 2 is 2.15 bits per heavy atom. The van der Waals surface area contributed by atoms with Gasteiger partial charge in [-0.1, -0.05) is 27.5 Å². The summed E-state index contributed by atoms with van der Waals surface area (Å²) < 4.78 is 37.1. The molecule has 6 heteroatoms. The van der Waals surface area contributed by atoms with Crippen molar-refractivity contribution in [3.63, 3.8) is 0 Å². The van der Waals surface area contributed by atoms with E-state index in [0.29, 0.717) is 0 Å². The first kappa shape index (κ1) is 10.8. The number of pyridine rings is 1. The summed E-state index contributed by atoms with van der Waals surface area (Å²) in [5.74, 6) is -1.21. The first-order chi connectivity index (χ1) is 6.06. The molecule has 0 radical (unpaired) electrons. The minimum atomic E-state index is -2.94. The van der Waals surface area contributed by atoms with E-state index < -0.39 is 17.9 Å². The monoisotopic (exact) mass is 273 g/mol. The predicted octanol–water partition coefficient (Wildman–Crippen LogP) is 3.71. The van der Waals surface area contributed by atoms with Gasteiger partial charge in [0, 0.05) is 5.33 Å². The lowest BCUT2D eigenvalue weighted by Gasteiger charge is -2.05. The third-order valence-corrected chi connectivity index (χ3v) is 2.26. The summed E-state index contributed by atoms with van der Waals surface area (Å²) in [6.07, 6.45) is -2.94. The van der Waals surface area contributed by atoms with Crippen LogP contribution in [0.4, 0.5) is 13.2 Å². The normalized spacial score (nSPS) is 10.9. The Balaban J connectivity index is 3.23. The standard InChI is InChI=1S/C7H4BrClF3N/c8-2-3-1-4(9)5(6(10)11)7(12)13-3/h1,6H,2H2. The van der Waals surface area contributed by atoms with Crippen LogP contribution in [0.15, 0.2) is 6.07 Å². The van der Waals surface area contributed by atoms with Crippen LogP contribution in [-0.2, 0) is 5.33 Å². The van der Waals surface area contributed by atoms with Gasteiger partial charge >= 0.3 is 0 Å². The smallest absolute Gasteiger partial charge is 0.223 e. The van der Waals surface area contributed by atoms with Gasteiger partial charge in [-0.3, -0.25) is 0 Å². The highest BCUT2D eigenvalue weighted by Gasteiger charge is 2.19. The van der Waals surface area contributed by atoms with Crippen LogP contribution >= 0.6 is 27.5 Å². The maximum Gasteiger partial charge on any atom is 0.269 e. The van der Waals surface area contributed by atoms with E-state index in [-0.39, 0.29) is 16.0 Å². The van der Waals surface area contributed by atoms with Gasteiger partial charge in [-0.15, -0.1) is 0 Å². The molecule has 0 aliphatic rings. The van der Waals surface area contributed by atoms with Crippen molar-refractivity contribution in [2.75, 3.05) is 0 Å². The van der Waals surface area contributed by atoms with E-state index in [1.165, 1.54) is 6.07 Å². The third-order valence-electron chi connectivity index (χ3n) is 1.37. The second kappa shape index (κ2) is 4.28. The summed E-state index contributed by atoms with van der Waals surface area (Å²) in [4.78, 5) is 3.30. The van der Waals surface area contributed by atoms with Crippen LogP contribution in [0.25, 0.3) is 0 Å². The zero-order chi connectivity index (χ0) is 10.0. The molecular weight excluding hydrogens is 270 g/mol. The fourth-order valence-electron chi connectivity index (χ4n) is 0.804. The SMILES string of the molecule is Fc1nc(CBr)cc(Cl)c1C(F)F. The zero-order valence-electron chi connectivity index (χ0n) is 6.20. The summed E-state index contributed by atoms with van der Waals surface area (Å²) in [5, 5.41) is -0.0235. The van der Waals surface area contributed by atoms with Crippen LogP contribution in [-0.4, -0.2) is 4.98 Å². The quantitative estimate of drug-likeness (QED) is 0.592. The van der Waals surface area contributed by atoms with Crippen molar-refractivity contribution < 1.29 is 13.2 Å². The van der Waals surface area contributed by atoms with E-state index in [9.17, 15) is 13.2 Å². The van der Waals surface area contributed by atoms with Crippen LogP contribution in [0.2, 0.25) is 5.02 Å². The number of hydrogen-bond acceptors (Lipinski definition) is 1. The summed E-state index contributed by atoms with van der Waals surface area (Å²) in [5.41, 5.74) is -0.557. The molecule has 72 valence electrons. The summed E-state index contributed by atoms with van der Waals surface area (Å²) >= 11 is 8.44. The van der Waals surface area contributed by atoms with Crippen molar-refractivity contribution >= 4 is 27.5 Å². The Morgan fingerprint density at radius 1 is 1.54 bits per heavy atom. The fraction of sp³-hybridized carbons (Fsp3) is 0.286. The highest BCUT2D eigenvalue weighted by atomic mass is 79.9. The van der Waals surface area contributed by atoms with Crippen molar-refractivity contribution in [3.8, 4) is 0 Å². The van der Waals surface area contributed by atoms with E-state index in [0.717, 1.165) is 0 Å². The van der Waals surface area contributed by atoms with Crippen LogP contribution < -0.4 is 0 Å². The highest BCUT2D eigenvalue weighted by Crippen LogP contribution is 2.29. The number of rotatable bonds is 2. The Bertz CT molecular complexity index is 296. The van der Waals surface area contributed by atoms with E-state index >= 15 is 0 Å². The summed E-state index contributed by atoms with van der Waals surface area (Å²) in [7, 11) is 0. The number of aromatic nitrogens is 1. The molecule has 0 aliphatic carbocycles. The van der Waals surface area contributed by atoms with Gasteiger partial charge in [-0.2, -0.15) is 4.39 Å². The van der Waals surface area contributed by atoms with E-state index in [1.807, 2.05) is 0 Å². The first-order valence-electron chi connectivity index (χ1n) is 3.25. The average Bonchev–Trinajstić information content (AvgIpc) is 2.02. The number of hydrogen-bond donors (Lipinski definition) is 0. The molecule has 0 atom stereocenters. The van der Waals surface area contributed by atoms with Gasteiger partial charge in [-0.05, 0) is 6.07 Å². The number of alkyl halides is 3. The Labute approximate surface area is 86.0 Å². The molecule has 13 heavy (non-hydrogen) atoms. The van der Waals surface area contributed by atoms with Gasteiger partial charge in [0.1, 0.15) is 0 Å². The predicted molar refractivity (Wildman–Crippen MR) is 46.8 cm³/mol. The van der Waals surface area contributed by atoms with Crippen LogP contribution in [0.3, 0.4) is 0 Å². The molecule has 0 unspecified atom stereocenters. The van der Waals surface area contributed by atoms with Gasteiger partial charge < -0.3 is 0 Å². The third kappa shape index (κ3) is 2.34. The molecule has 1 aromatic heterocycles. The minimum absolute atomic E-state index is 0.271. The zero-order valence-corrected chi connectivity index (χ0v) is 8.54. The highest BCUT2D eigenvalue weighted by molar-refractivity contribution is 9.08. The molecule has 0 saturated heterocycles. The molecule has 0 spiro atoms. The Morgan fingerprint density at radius 3 is 2.54 bits per heavy atom.